The minimum atomic E-state index is 0.0745. The average Bonchev–Trinajstić information content (AvgIpc) is 3.19. The van der Waals surface area contributed by atoms with Crippen molar-refractivity contribution in [1.29, 1.82) is 0 Å². The third kappa shape index (κ3) is 4.57. The molecule has 1 amide bonds. The van der Waals surface area contributed by atoms with Crippen molar-refractivity contribution in [3.05, 3.63) is 12.3 Å². The van der Waals surface area contributed by atoms with E-state index in [2.05, 4.69) is 29.2 Å². The highest BCUT2D eigenvalue weighted by Gasteiger charge is 2.26. The lowest BCUT2D eigenvalue weighted by Crippen LogP contribution is -2.38. The molecule has 2 fully saturated rings. The first kappa shape index (κ1) is 17.4. The Balaban J connectivity index is 1.51. The fourth-order valence-corrected chi connectivity index (χ4v) is 3.71. The van der Waals surface area contributed by atoms with Gasteiger partial charge in [0.15, 0.2) is 0 Å². The molecule has 1 atom stereocenters. The number of rotatable bonds is 6. The van der Waals surface area contributed by atoms with Crippen molar-refractivity contribution in [3.8, 4) is 0 Å². The van der Waals surface area contributed by atoms with Crippen LogP contribution in [0.2, 0.25) is 0 Å². The van der Waals surface area contributed by atoms with Gasteiger partial charge < -0.3 is 15.0 Å². The molecule has 0 saturated carbocycles. The van der Waals surface area contributed by atoms with Gasteiger partial charge in [-0.1, -0.05) is 13.8 Å². The highest BCUT2D eigenvalue weighted by molar-refractivity contribution is 5.89. The van der Waals surface area contributed by atoms with Crippen molar-refractivity contribution in [3.63, 3.8) is 0 Å². The number of amides is 1. The van der Waals surface area contributed by atoms with Crippen LogP contribution in [0, 0.1) is 11.8 Å². The van der Waals surface area contributed by atoms with Crippen LogP contribution in [0.15, 0.2) is 12.3 Å². The molecule has 3 heterocycles. The maximum absolute atomic E-state index is 12.0. The normalized spacial score (nSPS) is 23.0. The van der Waals surface area contributed by atoms with Gasteiger partial charge in [-0.3, -0.25) is 4.79 Å². The summed E-state index contributed by atoms with van der Waals surface area (Å²) in [5.41, 5.74) is 0. The Bertz CT molecular complexity index is 529. The minimum Gasteiger partial charge on any atom is -0.381 e. The van der Waals surface area contributed by atoms with Crippen LogP contribution in [0.25, 0.3) is 0 Å². The number of carbonyl (C=O) groups is 1. The van der Waals surface area contributed by atoms with Crippen LogP contribution >= 0.6 is 0 Å². The molecule has 3 rings (SSSR count). The second-order valence-corrected chi connectivity index (χ2v) is 7.57. The van der Waals surface area contributed by atoms with Gasteiger partial charge in [-0.15, -0.1) is 0 Å². The number of hydrogen-bond acceptors (Lipinski definition) is 4. The highest BCUT2D eigenvalue weighted by atomic mass is 16.5. The number of aromatic nitrogens is 2. The summed E-state index contributed by atoms with van der Waals surface area (Å²) in [6.07, 6.45) is 5.70. The molecule has 0 radical (unpaired) electrons. The van der Waals surface area contributed by atoms with Gasteiger partial charge in [0.1, 0.15) is 5.82 Å². The zero-order valence-corrected chi connectivity index (χ0v) is 14.9. The van der Waals surface area contributed by atoms with Crippen molar-refractivity contribution in [1.82, 2.24) is 14.7 Å². The summed E-state index contributed by atoms with van der Waals surface area (Å²) in [5, 5.41) is 7.48. The van der Waals surface area contributed by atoms with E-state index in [4.69, 9.17) is 4.74 Å². The Morgan fingerprint density at radius 1 is 1.38 bits per heavy atom. The van der Waals surface area contributed by atoms with Crippen LogP contribution in [0.5, 0.6) is 0 Å². The third-order valence-corrected chi connectivity index (χ3v) is 4.97. The molecule has 2 saturated heterocycles. The molecule has 0 unspecified atom stereocenters. The fraction of sp³-hybridized carbons (Fsp3) is 0.778. The van der Waals surface area contributed by atoms with E-state index < -0.39 is 0 Å². The van der Waals surface area contributed by atoms with E-state index in [9.17, 15) is 4.79 Å². The average molecular weight is 334 g/mol. The monoisotopic (exact) mass is 334 g/mol. The van der Waals surface area contributed by atoms with Gasteiger partial charge in [-0.2, -0.15) is 5.10 Å². The van der Waals surface area contributed by atoms with Crippen LogP contribution in [0.3, 0.4) is 0 Å². The molecule has 134 valence electrons. The molecule has 0 aliphatic carbocycles. The van der Waals surface area contributed by atoms with Crippen LogP contribution < -0.4 is 5.32 Å². The number of nitrogens with zero attached hydrogens (tertiary/aromatic N) is 3. The maximum atomic E-state index is 12.0. The molecular formula is C18H30N4O2. The van der Waals surface area contributed by atoms with E-state index in [1.54, 1.807) is 6.20 Å². The second-order valence-electron chi connectivity index (χ2n) is 7.57. The van der Waals surface area contributed by atoms with Gasteiger partial charge in [0.25, 0.3) is 0 Å². The Kier molecular flexibility index (Phi) is 5.89. The summed E-state index contributed by atoms with van der Waals surface area (Å²) < 4.78 is 7.49. The minimum absolute atomic E-state index is 0.0745. The number of likely N-dealkylation sites (tertiary alicyclic amines) is 1. The van der Waals surface area contributed by atoms with E-state index in [-0.39, 0.29) is 5.91 Å². The van der Waals surface area contributed by atoms with Gasteiger partial charge >= 0.3 is 0 Å². The first-order valence-electron chi connectivity index (χ1n) is 9.25. The SMILES string of the molecule is CC(C)CC(=O)Nc1ccnn1C1CCN(C[C@H]2CCOC2)CC1. The Morgan fingerprint density at radius 2 is 2.17 bits per heavy atom. The first-order valence-corrected chi connectivity index (χ1v) is 9.25. The third-order valence-electron chi connectivity index (χ3n) is 4.97. The summed E-state index contributed by atoms with van der Waals surface area (Å²) in [5.74, 6) is 1.98. The Labute approximate surface area is 144 Å². The summed E-state index contributed by atoms with van der Waals surface area (Å²) in [4.78, 5) is 14.6. The quantitative estimate of drug-likeness (QED) is 0.868. The van der Waals surface area contributed by atoms with Gasteiger partial charge in [0.2, 0.25) is 5.91 Å². The molecule has 1 aromatic heterocycles. The van der Waals surface area contributed by atoms with E-state index >= 15 is 0 Å². The molecule has 0 aromatic carbocycles. The van der Waals surface area contributed by atoms with E-state index in [0.717, 1.165) is 51.5 Å². The van der Waals surface area contributed by atoms with E-state index in [0.29, 0.717) is 24.3 Å². The van der Waals surface area contributed by atoms with Crippen molar-refractivity contribution >= 4 is 11.7 Å². The smallest absolute Gasteiger partial charge is 0.225 e. The molecule has 6 heteroatoms. The Morgan fingerprint density at radius 3 is 2.83 bits per heavy atom. The zero-order chi connectivity index (χ0) is 16.9. The van der Waals surface area contributed by atoms with Crippen LogP contribution in [0.1, 0.15) is 45.6 Å². The summed E-state index contributed by atoms with van der Waals surface area (Å²) in [7, 11) is 0. The molecule has 2 aliphatic rings. The number of ether oxygens (including phenoxy) is 1. The molecule has 1 N–H and O–H groups in total. The fourth-order valence-electron chi connectivity index (χ4n) is 3.71. The Hall–Kier alpha value is -1.40. The summed E-state index contributed by atoms with van der Waals surface area (Å²) in [6.45, 7) is 9.31. The number of nitrogens with one attached hydrogen (secondary N) is 1. The number of hydrogen-bond donors (Lipinski definition) is 1. The van der Waals surface area contributed by atoms with Gasteiger partial charge in [0, 0.05) is 38.7 Å². The molecule has 2 aliphatic heterocycles. The van der Waals surface area contributed by atoms with Crippen molar-refractivity contribution in [2.75, 3.05) is 38.2 Å². The number of piperidine rings is 1. The van der Waals surface area contributed by atoms with Gasteiger partial charge in [-0.05, 0) is 31.1 Å². The number of carbonyl (C=O) groups excluding carboxylic acids is 1. The second kappa shape index (κ2) is 8.12. The van der Waals surface area contributed by atoms with Gasteiger partial charge in [-0.25, -0.2) is 4.68 Å². The van der Waals surface area contributed by atoms with E-state index in [1.807, 2.05) is 10.7 Å². The lowest BCUT2D eigenvalue weighted by molar-refractivity contribution is -0.116. The lowest BCUT2D eigenvalue weighted by atomic mass is 10.0. The first-order chi connectivity index (χ1) is 11.6. The lowest BCUT2D eigenvalue weighted by Gasteiger charge is -2.33. The molecular weight excluding hydrogens is 304 g/mol. The number of anilines is 1. The predicted octanol–water partition coefficient (Wildman–Crippen LogP) is 2.54. The molecule has 0 bridgehead atoms. The maximum Gasteiger partial charge on any atom is 0.225 e. The van der Waals surface area contributed by atoms with Crippen LogP contribution in [-0.4, -0.2) is 53.4 Å². The van der Waals surface area contributed by atoms with E-state index in [1.165, 1.54) is 6.42 Å². The topological polar surface area (TPSA) is 59.4 Å². The van der Waals surface area contributed by atoms with Crippen molar-refractivity contribution in [2.45, 2.75) is 45.6 Å². The molecule has 24 heavy (non-hydrogen) atoms. The van der Waals surface area contributed by atoms with Crippen LogP contribution in [-0.2, 0) is 9.53 Å². The molecule has 6 nitrogen and oxygen atoms in total. The van der Waals surface area contributed by atoms with Crippen molar-refractivity contribution in [2.24, 2.45) is 11.8 Å². The summed E-state index contributed by atoms with van der Waals surface area (Å²) in [6, 6.07) is 2.28. The zero-order valence-electron chi connectivity index (χ0n) is 14.9. The van der Waals surface area contributed by atoms with Gasteiger partial charge in [0.05, 0.1) is 18.8 Å². The summed E-state index contributed by atoms with van der Waals surface area (Å²) >= 11 is 0. The molecule has 0 spiro atoms. The van der Waals surface area contributed by atoms with Crippen molar-refractivity contribution < 1.29 is 9.53 Å². The predicted molar refractivity (Wildman–Crippen MR) is 93.9 cm³/mol. The largest absolute Gasteiger partial charge is 0.381 e. The molecule has 1 aromatic rings. The highest BCUT2D eigenvalue weighted by Crippen LogP contribution is 2.26. The van der Waals surface area contributed by atoms with Crippen LogP contribution in [0.4, 0.5) is 5.82 Å². The standard InChI is InChI=1S/C18H30N4O2/c1-14(2)11-18(23)20-17-3-7-19-22(17)16-4-8-21(9-5-16)12-15-6-10-24-13-15/h3,7,14-16H,4-6,8-13H2,1-2H3,(H,20,23)/t15-/m1/s1.